The summed E-state index contributed by atoms with van der Waals surface area (Å²) < 4.78 is 5.40. The fraction of sp³-hybridized carbons (Fsp3) is 0.182. The van der Waals surface area contributed by atoms with Gasteiger partial charge >= 0.3 is 0 Å². The first kappa shape index (κ1) is 19.7. The standard InChI is InChI=1S/C22H20ClNO4/c1-3-12-24-19(14-8-6-5-7-9-14)18(21(26)22(24)27)20(25)15-10-11-17(28-4-2)16(23)13-15/h3,5-11,13,19,25H,1,4,12H2,2H3. The summed E-state index contributed by atoms with van der Waals surface area (Å²) in [5.41, 5.74) is 1.09. The number of carbonyl (C=O) groups is 2. The molecule has 1 aliphatic heterocycles. The number of nitrogens with zero attached hydrogens (tertiary/aromatic N) is 1. The minimum Gasteiger partial charge on any atom is -0.507 e. The van der Waals surface area contributed by atoms with Crippen molar-refractivity contribution in [2.75, 3.05) is 13.2 Å². The number of amides is 1. The lowest BCUT2D eigenvalue weighted by molar-refractivity contribution is -0.139. The molecule has 2 aromatic rings. The zero-order chi connectivity index (χ0) is 20.3. The number of Topliss-reactive ketones (excluding diaryl/α,β-unsaturated/α-hetero) is 1. The van der Waals surface area contributed by atoms with E-state index in [1.165, 1.54) is 11.0 Å². The SMILES string of the molecule is C=CCN1C(=O)C(=O)C(=C(O)c2ccc(OCC)c(Cl)c2)C1c1ccccc1. The van der Waals surface area contributed by atoms with E-state index in [0.29, 0.717) is 22.9 Å². The van der Waals surface area contributed by atoms with Crippen molar-refractivity contribution in [3.05, 3.63) is 82.9 Å². The molecular formula is C22H20ClNO4. The highest BCUT2D eigenvalue weighted by atomic mass is 35.5. The van der Waals surface area contributed by atoms with Crippen LogP contribution in [0.2, 0.25) is 5.02 Å². The Labute approximate surface area is 168 Å². The predicted molar refractivity (Wildman–Crippen MR) is 108 cm³/mol. The van der Waals surface area contributed by atoms with Gasteiger partial charge in [-0.1, -0.05) is 48.0 Å². The van der Waals surface area contributed by atoms with Gasteiger partial charge < -0.3 is 14.7 Å². The summed E-state index contributed by atoms with van der Waals surface area (Å²) in [6.45, 7) is 6.14. The Hall–Kier alpha value is -3.05. The molecule has 2 aromatic carbocycles. The molecule has 1 atom stereocenters. The van der Waals surface area contributed by atoms with Gasteiger partial charge in [-0.3, -0.25) is 9.59 Å². The second-order valence-electron chi connectivity index (χ2n) is 6.23. The average Bonchev–Trinajstić information content (AvgIpc) is 2.95. The summed E-state index contributed by atoms with van der Waals surface area (Å²) >= 11 is 6.22. The van der Waals surface area contributed by atoms with E-state index in [9.17, 15) is 14.7 Å². The fourth-order valence-electron chi connectivity index (χ4n) is 3.27. The van der Waals surface area contributed by atoms with Crippen LogP contribution in [0.5, 0.6) is 5.75 Å². The number of ether oxygens (including phenoxy) is 1. The zero-order valence-corrected chi connectivity index (χ0v) is 16.1. The van der Waals surface area contributed by atoms with Crippen LogP contribution in [-0.4, -0.2) is 34.8 Å². The molecular weight excluding hydrogens is 378 g/mol. The van der Waals surface area contributed by atoms with Gasteiger partial charge in [0.15, 0.2) is 0 Å². The summed E-state index contributed by atoms with van der Waals surface area (Å²) in [5, 5.41) is 11.2. The number of aliphatic hydroxyl groups excluding tert-OH is 1. The van der Waals surface area contributed by atoms with Gasteiger partial charge in [-0.05, 0) is 30.7 Å². The number of aliphatic hydroxyl groups is 1. The molecule has 1 N–H and O–H groups in total. The lowest BCUT2D eigenvalue weighted by atomic mass is 9.95. The summed E-state index contributed by atoms with van der Waals surface area (Å²) in [5.74, 6) is -1.21. The quantitative estimate of drug-likeness (QED) is 0.340. The number of likely N-dealkylation sites (tertiary alicyclic amines) is 1. The second-order valence-corrected chi connectivity index (χ2v) is 6.64. The molecule has 0 saturated carbocycles. The monoisotopic (exact) mass is 397 g/mol. The normalized spacial score (nSPS) is 18.4. The van der Waals surface area contributed by atoms with Crippen molar-refractivity contribution < 1.29 is 19.4 Å². The van der Waals surface area contributed by atoms with Crippen LogP contribution in [0, 0.1) is 0 Å². The Morgan fingerprint density at radius 1 is 1.25 bits per heavy atom. The van der Waals surface area contributed by atoms with Gasteiger partial charge in [0.1, 0.15) is 11.5 Å². The molecule has 5 nitrogen and oxygen atoms in total. The molecule has 1 heterocycles. The second kappa shape index (κ2) is 8.31. The van der Waals surface area contributed by atoms with Crippen molar-refractivity contribution in [2.45, 2.75) is 13.0 Å². The molecule has 0 spiro atoms. The van der Waals surface area contributed by atoms with Crippen molar-refractivity contribution in [1.29, 1.82) is 0 Å². The Bertz CT molecular complexity index is 952. The molecule has 1 unspecified atom stereocenters. The highest BCUT2D eigenvalue weighted by molar-refractivity contribution is 6.46. The lowest BCUT2D eigenvalue weighted by Crippen LogP contribution is -2.29. The number of carbonyl (C=O) groups excluding carboxylic acids is 2. The van der Waals surface area contributed by atoms with Crippen LogP contribution in [0.25, 0.3) is 5.76 Å². The van der Waals surface area contributed by atoms with Gasteiger partial charge in [0, 0.05) is 12.1 Å². The van der Waals surface area contributed by atoms with E-state index in [0.717, 1.165) is 5.56 Å². The minimum atomic E-state index is -0.738. The summed E-state index contributed by atoms with van der Waals surface area (Å²) in [6, 6.07) is 13.1. The Kier molecular flexibility index (Phi) is 5.85. The zero-order valence-electron chi connectivity index (χ0n) is 15.4. The third kappa shape index (κ3) is 3.53. The number of halogens is 1. The van der Waals surface area contributed by atoms with Crippen molar-refractivity contribution in [3.63, 3.8) is 0 Å². The highest BCUT2D eigenvalue weighted by Crippen LogP contribution is 2.40. The van der Waals surface area contributed by atoms with Crippen LogP contribution in [0.3, 0.4) is 0 Å². The molecule has 1 fully saturated rings. The molecule has 3 rings (SSSR count). The van der Waals surface area contributed by atoms with E-state index >= 15 is 0 Å². The topological polar surface area (TPSA) is 66.8 Å². The lowest BCUT2D eigenvalue weighted by Gasteiger charge is -2.24. The van der Waals surface area contributed by atoms with E-state index in [-0.39, 0.29) is 17.9 Å². The number of benzene rings is 2. The smallest absolute Gasteiger partial charge is 0.295 e. The molecule has 0 bridgehead atoms. The Morgan fingerprint density at radius 2 is 1.96 bits per heavy atom. The first-order valence-corrected chi connectivity index (χ1v) is 9.24. The molecule has 0 aliphatic carbocycles. The Balaban J connectivity index is 2.15. The maximum absolute atomic E-state index is 12.7. The number of hydrogen-bond donors (Lipinski definition) is 1. The molecule has 6 heteroatoms. The summed E-state index contributed by atoms with van der Waals surface area (Å²) in [4.78, 5) is 26.7. The fourth-order valence-corrected chi connectivity index (χ4v) is 3.50. The van der Waals surface area contributed by atoms with Gasteiger partial charge in [-0.15, -0.1) is 6.58 Å². The van der Waals surface area contributed by atoms with Gasteiger partial charge in [0.2, 0.25) is 0 Å². The number of ketones is 1. The first-order chi connectivity index (χ1) is 13.5. The van der Waals surface area contributed by atoms with E-state index in [1.807, 2.05) is 37.3 Å². The van der Waals surface area contributed by atoms with Gasteiger partial charge in [-0.2, -0.15) is 0 Å². The molecule has 0 radical (unpaired) electrons. The van der Waals surface area contributed by atoms with Crippen LogP contribution >= 0.6 is 11.6 Å². The molecule has 144 valence electrons. The predicted octanol–water partition coefficient (Wildman–Crippen LogP) is 4.35. The Morgan fingerprint density at radius 3 is 2.57 bits per heavy atom. The molecule has 1 saturated heterocycles. The largest absolute Gasteiger partial charge is 0.507 e. The van der Waals surface area contributed by atoms with Crippen LogP contribution in [0.15, 0.2) is 66.8 Å². The van der Waals surface area contributed by atoms with Crippen LogP contribution in [-0.2, 0) is 9.59 Å². The number of hydrogen-bond acceptors (Lipinski definition) is 4. The van der Waals surface area contributed by atoms with E-state index in [4.69, 9.17) is 16.3 Å². The van der Waals surface area contributed by atoms with Gasteiger partial charge in [-0.25, -0.2) is 0 Å². The van der Waals surface area contributed by atoms with Crippen LogP contribution in [0.4, 0.5) is 0 Å². The summed E-state index contributed by atoms with van der Waals surface area (Å²) in [7, 11) is 0. The highest BCUT2D eigenvalue weighted by Gasteiger charge is 2.45. The van der Waals surface area contributed by atoms with Crippen molar-refractivity contribution in [1.82, 2.24) is 4.90 Å². The first-order valence-electron chi connectivity index (χ1n) is 8.86. The van der Waals surface area contributed by atoms with E-state index < -0.39 is 17.7 Å². The van der Waals surface area contributed by atoms with E-state index in [2.05, 4.69) is 6.58 Å². The van der Waals surface area contributed by atoms with E-state index in [1.54, 1.807) is 18.2 Å². The number of rotatable bonds is 6. The molecule has 1 aliphatic rings. The maximum atomic E-state index is 12.7. The van der Waals surface area contributed by atoms with Crippen molar-refractivity contribution >= 4 is 29.1 Å². The maximum Gasteiger partial charge on any atom is 0.295 e. The molecule has 1 amide bonds. The van der Waals surface area contributed by atoms with Gasteiger partial charge in [0.25, 0.3) is 11.7 Å². The molecule has 28 heavy (non-hydrogen) atoms. The van der Waals surface area contributed by atoms with Crippen molar-refractivity contribution in [3.8, 4) is 5.75 Å². The van der Waals surface area contributed by atoms with Gasteiger partial charge in [0.05, 0.1) is 23.2 Å². The summed E-state index contributed by atoms with van der Waals surface area (Å²) in [6.07, 6.45) is 1.55. The molecule has 0 aromatic heterocycles. The minimum absolute atomic E-state index is 0.0262. The average molecular weight is 398 g/mol. The van der Waals surface area contributed by atoms with Crippen LogP contribution in [0.1, 0.15) is 24.1 Å². The third-order valence-corrected chi connectivity index (χ3v) is 4.78. The van der Waals surface area contributed by atoms with Crippen molar-refractivity contribution in [2.24, 2.45) is 0 Å². The van der Waals surface area contributed by atoms with Crippen LogP contribution < -0.4 is 4.74 Å². The third-order valence-electron chi connectivity index (χ3n) is 4.49.